The van der Waals surface area contributed by atoms with E-state index >= 15 is 0 Å². The summed E-state index contributed by atoms with van der Waals surface area (Å²) < 4.78 is 0. The van der Waals surface area contributed by atoms with Gasteiger partial charge in [0.1, 0.15) is 0 Å². The van der Waals surface area contributed by atoms with E-state index in [1.807, 2.05) is 13.8 Å². The molecule has 1 aromatic carbocycles. The molecule has 21 heavy (non-hydrogen) atoms. The number of aliphatic carboxylic acids is 1. The van der Waals surface area contributed by atoms with Crippen LogP contribution < -0.4 is 5.32 Å². The van der Waals surface area contributed by atoms with Gasteiger partial charge in [-0.25, -0.2) is 0 Å². The minimum atomic E-state index is -0.777. The van der Waals surface area contributed by atoms with Gasteiger partial charge in [0.2, 0.25) is 0 Å². The van der Waals surface area contributed by atoms with Gasteiger partial charge in [0.05, 0.1) is 5.92 Å². The van der Waals surface area contributed by atoms with Crippen molar-refractivity contribution in [3.63, 3.8) is 0 Å². The molecular weight excluding hydrogens is 290 g/mol. The number of halogens is 1. The van der Waals surface area contributed by atoms with E-state index in [0.717, 1.165) is 18.4 Å². The number of carbonyl (C=O) groups excluding carboxylic acids is 1. The summed E-state index contributed by atoms with van der Waals surface area (Å²) in [5.41, 5.74) is 1.34. The second-order valence-corrected chi connectivity index (χ2v) is 5.86. The number of benzene rings is 1. The summed E-state index contributed by atoms with van der Waals surface area (Å²) in [6.07, 6.45) is 2.14. The monoisotopic (exact) mass is 311 g/mol. The minimum Gasteiger partial charge on any atom is -0.481 e. The van der Waals surface area contributed by atoms with Gasteiger partial charge in [0.25, 0.3) is 5.91 Å². The molecule has 0 saturated heterocycles. The average molecular weight is 312 g/mol. The molecule has 0 saturated carbocycles. The molecule has 1 amide bonds. The highest BCUT2D eigenvalue weighted by molar-refractivity contribution is 6.31. The summed E-state index contributed by atoms with van der Waals surface area (Å²) in [5, 5.41) is 12.3. The Hall–Kier alpha value is -1.55. The Kier molecular flexibility index (Phi) is 6.69. The van der Waals surface area contributed by atoms with Crippen LogP contribution in [0.5, 0.6) is 0 Å². The lowest BCUT2D eigenvalue weighted by molar-refractivity contribution is -0.141. The van der Waals surface area contributed by atoms with Crippen LogP contribution in [0.25, 0.3) is 0 Å². The summed E-state index contributed by atoms with van der Waals surface area (Å²) in [6.45, 7) is 5.43. The van der Waals surface area contributed by atoms with E-state index in [1.165, 1.54) is 0 Å². The van der Waals surface area contributed by atoms with Gasteiger partial charge in [0.15, 0.2) is 0 Å². The van der Waals surface area contributed by atoms with E-state index in [9.17, 15) is 9.59 Å². The molecule has 0 fully saturated rings. The van der Waals surface area contributed by atoms with E-state index in [-0.39, 0.29) is 17.9 Å². The lowest BCUT2D eigenvalue weighted by Crippen LogP contribution is -2.33. The van der Waals surface area contributed by atoms with E-state index < -0.39 is 5.97 Å². The number of hydrogen-bond donors (Lipinski definition) is 2. The van der Waals surface area contributed by atoms with Crippen molar-refractivity contribution in [2.24, 2.45) is 5.92 Å². The third-order valence-electron chi connectivity index (χ3n) is 3.59. The van der Waals surface area contributed by atoms with Crippen LogP contribution in [0.2, 0.25) is 5.02 Å². The Balaban J connectivity index is 2.47. The van der Waals surface area contributed by atoms with Crippen molar-refractivity contribution in [2.75, 3.05) is 0 Å². The van der Waals surface area contributed by atoms with Crippen LogP contribution >= 0.6 is 11.6 Å². The fourth-order valence-electron chi connectivity index (χ4n) is 2.08. The van der Waals surface area contributed by atoms with Crippen molar-refractivity contribution in [2.45, 2.75) is 46.1 Å². The number of carboxylic acid groups (broad SMARTS) is 1. The Bertz CT molecular complexity index is 516. The first-order valence-electron chi connectivity index (χ1n) is 7.11. The van der Waals surface area contributed by atoms with Gasteiger partial charge < -0.3 is 10.4 Å². The lowest BCUT2D eigenvalue weighted by atomic mass is 10.0. The predicted molar refractivity (Wildman–Crippen MR) is 83.8 cm³/mol. The minimum absolute atomic E-state index is 0.00289. The highest BCUT2D eigenvalue weighted by Crippen LogP contribution is 2.19. The lowest BCUT2D eigenvalue weighted by Gasteiger charge is -2.16. The maximum absolute atomic E-state index is 12.2. The number of rotatable bonds is 7. The first kappa shape index (κ1) is 17.5. The fraction of sp³-hybridized carbons (Fsp3) is 0.500. The Morgan fingerprint density at radius 1 is 1.29 bits per heavy atom. The van der Waals surface area contributed by atoms with Gasteiger partial charge in [-0.3, -0.25) is 9.59 Å². The first-order valence-corrected chi connectivity index (χ1v) is 7.49. The molecule has 0 spiro atoms. The summed E-state index contributed by atoms with van der Waals surface area (Å²) in [4.78, 5) is 22.9. The number of amides is 1. The van der Waals surface area contributed by atoms with Crippen LogP contribution in [-0.4, -0.2) is 23.0 Å². The van der Waals surface area contributed by atoms with Gasteiger partial charge in [-0.15, -0.1) is 0 Å². The van der Waals surface area contributed by atoms with Crippen LogP contribution in [0, 0.1) is 12.8 Å². The van der Waals surface area contributed by atoms with Crippen molar-refractivity contribution >= 4 is 23.5 Å². The zero-order chi connectivity index (χ0) is 16.0. The number of carbonyl (C=O) groups is 2. The maximum Gasteiger partial charge on any atom is 0.306 e. The average Bonchev–Trinajstić information content (AvgIpc) is 2.41. The van der Waals surface area contributed by atoms with Crippen LogP contribution in [0.1, 0.15) is 49.0 Å². The van der Waals surface area contributed by atoms with Crippen molar-refractivity contribution in [1.82, 2.24) is 5.32 Å². The molecule has 0 aliphatic heterocycles. The molecule has 0 bridgehead atoms. The highest BCUT2D eigenvalue weighted by Gasteiger charge is 2.15. The normalized spacial score (nSPS) is 13.5. The van der Waals surface area contributed by atoms with E-state index in [0.29, 0.717) is 17.0 Å². The second-order valence-electron chi connectivity index (χ2n) is 5.46. The quantitative estimate of drug-likeness (QED) is 0.807. The first-order chi connectivity index (χ1) is 9.82. The highest BCUT2D eigenvalue weighted by atomic mass is 35.5. The topological polar surface area (TPSA) is 66.4 Å². The summed E-state index contributed by atoms with van der Waals surface area (Å²) in [7, 11) is 0. The fourth-order valence-corrected chi connectivity index (χ4v) is 2.26. The predicted octanol–water partition coefficient (Wildman–Crippen LogP) is 3.66. The summed E-state index contributed by atoms with van der Waals surface area (Å²) >= 11 is 6.01. The third-order valence-corrected chi connectivity index (χ3v) is 4.00. The Morgan fingerprint density at radius 3 is 2.57 bits per heavy atom. The van der Waals surface area contributed by atoms with Gasteiger partial charge in [-0.1, -0.05) is 31.0 Å². The Labute approximate surface area is 130 Å². The van der Waals surface area contributed by atoms with Crippen molar-refractivity contribution < 1.29 is 14.7 Å². The van der Waals surface area contributed by atoms with Crippen molar-refractivity contribution in [3.8, 4) is 0 Å². The standard InChI is InChI=1S/C16H22ClNO3/c1-10(16(20)21)6-4-7-11(2)18-15(19)13-8-5-9-14(17)12(13)3/h5,8-11H,4,6-7H2,1-3H3,(H,18,19)(H,20,21). The van der Waals surface area contributed by atoms with E-state index in [1.54, 1.807) is 25.1 Å². The molecule has 2 unspecified atom stereocenters. The third kappa shape index (κ3) is 5.38. The van der Waals surface area contributed by atoms with Crippen molar-refractivity contribution in [1.29, 1.82) is 0 Å². The molecular formula is C16H22ClNO3. The number of carboxylic acids is 1. The molecule has 0 heterocycles. The molecule has 0 aromatic heterocycles. The van der Waals surface area contributed by atoms with Gasteiger partial charge >= 0.3 is 5.97 Å². The van der Waals surface area contributed by atoms with Crippen LogP contribution in [0.15, 0.2) is 18.2 Å². The van der Waals surface area contributed by atoms with Crippen molar-refractivity contribution in [3.05, 3.63) is 34.3 Å². The summed E-state index contributed by atoms with van der Waals surface area (Å²) in [5.74, 6) is -1.27. The molecule has 0 aliphatic rings. The molecule has 2 atom stereocenters. The van der Waals surface area contributed by atoms with Gasteiger partial charge in [-0.2, -0.15) is 0 Å². The molecule has 1 aromatic rings. The van der Waals surface area contributed by atoms with Gasteiger partial charge in [0, 0.05) is 16.6 Å². The van der Waals surface area contributed by atoms with Crippen LogP contribution in [0.4, 0.5) is 0 Å². The van der Waals surface area contributed by atoms with Crippen LogP contribution in [0.3, 0.4) is 0 Å². The molecule has 4 nitrogen and oxygen atoms in total. The van der Waals surface area contributed by atoms with E-state index in [4.69, 9.17) is 16.7 Å². The number of hydrogen-bond acceptors (Lipinski definition) is 2. The molecule has 0 aliphatic carbocycles. The Morgan fingerprint density at radius 2 is 1.95 bits per heavy atom. The molecule has 5 heteroatoms. The van der Waals surface area contributed by atoms with Gasteiger partial charge in [-0.05, 0) is 44.4 Å². The maximum atomic E-state index is 12.2. The smallest absolute Gasteiger partial charge is 0.306 e. The zero-order valence-electron chi connectivity index (χ0n) is 12.6. The second kappa shape index (κ2) is 8.03. The SMILES string of the molecule is Cc1c(Cl)cccc1C(=O)NC(C)CCCC(C)C(=O)O. The number of nitrogens with one attached hydrogen (secondary N) is 1. The largest absolute Gasteiger partial charge is 0.481 e. The molecule has 1 rings (SSSR count). The summed E-state index contributed by atoms with van der Waals surface area (Å²) in [6, 6.07) is 5.25. The zero-order valence-corrected chi connectivity index (χ0v) is 13.4. The van der Waals surface area contributed by atoms with E-state index in [2.05, 4.69) is 5.32 Å². The van der Waals surface area contributed by atoms with Crippen LogP contribution in [-0.2, 0) is 4.79 Å². The molecule has 0 radical (unpaired) electrons. The molecule has 116 valence electrons. The molecule has 2 N–H and O–H groups in total.